The number of carbonyl (C=O) groups is 2. The Kier molecular flexibility index (Phi) is 4.88. The monoisotopic (exact) mass is 390 g/mol. The Balaban J connectivity index is 1.92. The van der Waals surface area contributed by atoms with E-state index < -0.39 is 12.5 Å². The second-order valence-corrected chi connectivity index (χ2v) is 9.13. The van der Waals surface area contributed by atoms with Gasteiger partial charge in [-0.25, -0.2) is 0 Å². The first-order chi connectivity index (χ1) is 12.1. The Morgan fingerprint density at radius 2 is 2.15 bits per heavy atom. The van der Waals surface area contributed by atoms with Crippen LogP contribution in [0.3, 0.4) is 0 Å². The van der Waals surface area contributed by atoms with Crippen molar-refractivity contribution in [2.75, 3.05) is 18.5 Å². The molecule has 0 unspecified atom stereocenters. The molecule has 3 rings (SSSR count). The van der Waals surface area contributed by atoms with E-state index in [1.807, 2.05) is 6.07 Å². The van der Waals surface area contributed by atoms with E-state index >= 15 is 0 Å². The van der Waals surface area contributed by atoms with E-state index in [1.165, 1.54) is 11.3 Å². The van der Waals surface area contributed by atoms with Gasteiger partial charge in [0.25, 0.3) is 5.91 Å². The maximum absolute atomic E-state index is 12.4. The van der Waals surface area contributed by atoms with E-state index in [0.29, 0.717) is 10.8 Å². The molecule has 0 spiro atoms. The third-order valence-corrected chi connectivity index (χ3v) is 6.50. The van der Waals surface area contributed by atoms with Crippen LogP contribution in [0.2, 0.25) is 0 Å². The molecule has 2 aliphatic heterocycles. The molecule has 1 saturated heterocycles. The van der Waals surface area contributed by atoms with E-state index in [1.54, 1.807) is 6.08 Å². The van der Waals surface area contributed by atoms with Crippen molar-refractivity contribution in [2.24, 2.45) is 0 Å². The average Bonchev–Trinajstić information content (AvgIpc) is 2.80. The highest BCUT2D eigenvalue weighted by Crippen LogP contribution is 2.43. The molecular formula is C19H22N2O3S2. The molecule has 0 aromatic heterocycles. The van der Waals surface area contributed by atoms with Gasteiger partial charge in [0, 0.05) is 18.3 Å². The third-order valence-electron chi connectivity index (χ3n) is 5.12. The predicted octanol–water partition coefficient (Wildman–Crippen LogP) is 3.69. The standard InChI is InChI=1S/C19H22N2O3S2/c1-11-9-19(2,3)20(4)14-6-5-12(7-13(11)14)8-15-17(24)21(10-16(22)23)18(25)26-15/h5-8,11H,9-10H2,1-4H3,(H,22,23)/b15-8+/t11-/m0/s1. The molecule has 1 amide bonds. The molecule has 1 N–H and O–H groups in total. The lowest BCUT2D eigenvalue weighted by Gasteiger charge is -2.45. The maximum atomic E-state index is 12.4. The number of hydrogen-bond donors (Lipinski definition) is 1. The van der Waals surface area contributed by atoms with E-state index in [9.17, 15) is 9.59 Å². The molecule has 0 bridgehead atoms. The van der Waals surface area contributed by atoms with Gasteiger partial charge in [0.15, 0.2) is 0 Å². The average molecular weight is 391 g/mol. The van der Waals surface area contributed by atoms with E-state index in [0.717, 1.165) is 28.6 Å². The molecule has 7 heteroatoms. The summed E-state index contributed by atoms with van der Waals surface area (Å²) in [7, 11) is 2.11. The van der Waals surface area contributed by atoms with Crippen molar-refractivity contribution < 1.29 is 14.7 Å². The van der Waals surface area contributed by atoms with Crippen LogP contribution in [0.25, 0.3) is 6.08 Å². The molecule has 1 atom stereocenters. The fourth-order valence-corrected chi connectivity index (χ4v) is 4.86. The Bertz CT molecular complexity index is 832. The minimum absolute atomic E-state index is 0.104. The molecule has 2 aliphatic rings. The van der Waals surface area contributed by atoms with Gasteiger partial charge in [-0.05, 0) is 55.5 Å². The number of thioether (sulfide) groups is 1. The van der Waals surface area contributed by atoms with Gasteiger partial charge < -0.3 is 10.0 Å². The topological polar surface area (TPSA) is 60.9 Å². The lowest BCUT2D eigenvalue weighted by atomic mass is 9.80. The van der Waals surface area contributed by atoms with Crippen LogP contribution in [-0.4, -0.2) is 45.3 Å². The lowest BCUT2D eigenvalue weighted by Crippen LogP contribution is -2.45. The van der Waals surface area contributed by atoms with Gasteiger partial charge in [-0.3, -0.25) is 14.5 Å². The number of rotatable bonds is 3. The van der Waals surface area contributed by atoms with E-state index in [-0.39, 0.29) is 15.8 Å². The summed E-state index contributed by atoms with van der Waals surface area (Å²) in [5.74, 6) is -0.992. The molecule has 5 nitrogen and oxygen atoms in total. The second kappa shape index (κ2) is 6.70. The van der Waals surface area contributed by atoms with Crippen LogP contribution in [0.4, 0.5) is 5.69 Å². The quantitative estimate of drug-likeness (QED) is 0.627. The number of aliphatic carboxylic acids is 1. The van der Waals surface area contributed by atoms with Crippen LogP contribution in [0.5, 0.6) is 0 Å². The summed E-state index contributed by atoms with van der Waals surface area (Å²) in [4.78, 5) is 27.2. The predicted molar refractivity (Wildman–Crippen MR) is 109 cm³/mol. The first kappa shape index (κ1) is 18.9. The smallest absolute Gasteiger partial charge is 0.323 e. The Morgan fingerprint density at radius 3 is 2.81 bits per heavy atom. The molecule has 1 fully saturated rings. The number of benzene rings is 1. The molecule has 26 heavy (non-hydrogen) atoms. The minimum Gasteiger partial charge on any atom is -0.480 e. The third kappa shape index (κ3) is 3.38. The van der Waals surface area contributed by atoms with Crippen molar-refractivity contribution in [2.45, 2.75) is 38.6 Å². The first-order valence-corrected chi connectivity index (χ1v) is 9.67. The van der Waals surface area contributed by atoms with Gasteiger partial charge in [0.1, 0.15) is 10.9 Å². The minimum atomic E-state index is -1.07. The molecule has 1 aromatic carbocycles. The summed E-state index contributed by atoms with van der Waals surface area (Å²) < 4.78 is 0.288. The summed E-state index contributed by atoms with van der Waals surface area (Å²) in [5, 5.41) is 8.93. The van der Waals surface area contributed by atoms with Crippen LogP contribution in [-0.2, 0) is 9.59 Å². The van der Waals surface area contributed by atoms with Crippen molar-refractivity contribution in [3.63, 3.8) is 0 Å². The van der Waals surface area contributed by atoms with Crippen LogP contribution >= 0.6 is 24.0 Å². The van der Waals surface area contributed by atoms with Crippen molar-refractivity contribution in [3.05, 3.63) is 34.2 Å². The van der Waals surface area contributed by atoms with Gasteiger partial charge in [0.2, 0.25) is 0 Å². The fourth-order valence-electron chi connectivity index (χ4n) is 3.61. The fraction of sp³-hybridized carbons (Fsp3) is 0.421. The largest absolute Gasteiger partial charge is 0.480 e. The number of amides is 1. The van der Waals surface area contributed by atoms with Crippen molar-refractivity contribution in [3.8, 4) is 0 Å². The number of nitrogens with zero attached hydrogens (tertiary/aromatic N) is 2. The molecular weight excluding hydrogens is 368 g/mol. The van der Waals surface area contributed by atoms with Crippen LogP contribution in [0.15, 0.2) is 23.1 Å². The number of thiocarbonyl (C=S) groups is 1. The van der Waals surface area contributed by atoms with Gasteiger partial charge in [0.05, 0.1) is 4.91 Å². The van der Waals surface area contributed by atoms with Crippen LogP contribution in [0.1, 0.15) is 44.2 Å². The Hall–Kier alpha value is -1.86. The SMILES string of the molecule is C[C@H]1CC(C)(C)N(C)c2ccc(/C=C3/SC(=S)N(CC(=O)O)C3=O)cc21. The molecule has 1 aromatic rings. The van der Waals surface area contributed by atoms with Crippen LogP contribution in [0, 0.1) is 0 Å². The highest BCUT2D eigenvalue weighted by Gasteiger charge is 2.35. The van der Waals surface area contributed by atoms with E-state index in [4.69, 9.17) is 17.3 Å². The van der Waals surface area contributed by atoms with Gasteiger partial charge >= 0.3 is 5.97 Å². The number of carboxylic acids is 1. The Labute approximate surface area is 163 Å². The summed E-state index contributed by atoms with van der Waals surface area (Å²) in [6, 6.07) is 6.21. The number of anilines is 1. The highest BCUT2D eigenvalue weighted by molar-refractivity contribution is 8.26. The summed E-state index contributed by atoms with van der Waals surface area (Å²) in [5.41, 5.74) is 3.51. The van der Waals surface area contributed by atoms with Gasteiger partial charge in [-0.15, -0.1) is 0 Å². The molecule has 2 heterocycles. The zero-order chi connectivity index (χ0) is 19.2. The lowest BCUT2D eigenvalue weighted by molar-refractivity contribution is -0.140. The zero-order valence-electron chi connectivity index (χ0n) is 15.3. The number of fused-ring (bicyclic) bond motifs is 1. The normalized spacial score (nSPS) is 23.5. The summed E-state index contributed by atoms with van der Waals surface area (Å²) >= 11 is 6.30. The van der Waals surface area contributed by atoms with Crippen molar-refractivity contribution >= 4 is 51.9 Å². The van der Waals surface area contributed by atoms with Gasteiger partial charge in [-0.1, -0.05) is 37.0 Å². The number of hydrogen-bond acceptors (Lipinski definition) is 5. The van der Waals surface area contributed by atoms with Crippen LogP contribution < -0.4 is 4.90 Å². The van der Waals surface area contributed by atoms with Gasteiger partial charge in [-0.2, -0.15) is 0 Å². The second-order valence-electron chi connectivity index (χ2n) is 7.46. The highest BCUT2D eigenvalue weighted by atomic mass is 32.2. The molecule has 0 saturated carbocycles. The summed E-state index contributed by atoms with van der Waals surface area (Å²) in [6.45, 7) is 6.31. The first-order valence-electron chi connectivity index (χ1n) is 8.45. The molecule has 0 radical (unpaired) electrons. The molecule has 138 valence electrons. The van der Waals surface area contributed by atoms with Crippen molar-refractivity contribution in [1.82, 2.24) is 4.90 Å². The zero-order valence-corrected chi connectivity index (χ0v) is 16.9. The number of carboxylic acid groups (broad SMARTS) is 1. The maximum Gasteiger partial charge on any atom is 0.323 e. The summed E-state index contributed by atoms with van der Waals surface area (Å²) in [6.07, 6.45) is 2.86. The number of carbonyl (C=O) groups excluding carboxylic acids is 1. The van der Waals surface area contributed by atoms with E-state index in [2.05, 4.69) is 44.9 Å². The molecule has 0 aliphatic carbocycles. The van der Waals surface area contributed by atoms with Crippen molar-refractivity contribution in [1.29, 1.82) is 0 Å². The Morgan fingerprint density at radius 1 is 1.46 bits per heavy atom.